The molecular weight excluding hydrogens is 272 g/mol. The predicted molar refractivity (Wildman–Crippen MR) is 78.0 cm³/mol. The van der Waals surface area contributed by atoms with Gasteiger partial charge in [0.25, 0.3) is 0 Å². The van der Waals surface area contributed by atoms with E-state index in [1.807, 2.05) is 6.92 Å². The monoisotopic (exact) mass is 298 g/mol. The number of hydrogen-bond donors (Lipinski definition) is 2. The molecule has 0 aromatic carbocycles. The summed E-state index contributed by atoms with van der Waals surface area (Å²) in [5.41, 5.74) is 0. The number of nitrogens with one attached hydrogen (secondary N) is 1. The number of aliphatic carboxylic acids is 1. The van der Waals surface area contributed by atoms with Crippen molar-refractivity contribution in [3.63, 3.8) is 0 Å². The molecule has 2 aliphatic rings. The van der Waals surface area contributed by atoms with Crippen LogP contribution in [0.15, 0.2) is 0 Å². The first kappa shape index (κ1) is 16.1. The first-order valence-corrected chi connectivity index (χ1v) is 7.87. The molecule has 2 rings (SSSR count). The first-order valence-electron chi connectivity index (χ1n) is 7.87. The van der Waals surface area contributed by atoms with E-state index in [1.54, 1.807) is 4.90 Å². The van der Waals surface area contributed by atoms with Crippen molar-refractivity contribution in [3.8, 4) is 0 Å². The van der Waals surface area contributed by atoms with Crippen molar-refractivity contribution in [3.05, 3.63) is 0 Å². The van der Waals surface area contributed by atoms with Gasteiger partial charge in [0.05, 0.1) is 19.3 Å². The fourth-order valence-corrected chi connectivity index (χ4v) is 3.46. The molecule has 6 nitrogen and oxygen atoms in total. The lowest BCUT2D eigenvalue weighted by Crippen LogP contribution is -2.51. The topological polar surface area (TPSA) is 78.9 Å². The van der Waals surface area contributed by atoms with Crippen LogP contribution in [0, 0.1) is 17.8 Å². The van der Waals surface area contributed by atoms with Gasteiger partial charge in [0.2, 0.25) is 0 Å². The van der Waals surface area contributed by atoms with Crippen LogP contribution in [0.1, 0.15) is 33.1 Å². The molecule has 0 radical (unpaired) electrons. The van der Waals surface area contributed by atoms with Gasteiger partial charge < -0.3 is 20.1 Å². The molecule has 1 heterocycles. The fraction of sp³-hybridized carbons (Fsp3) is 0.867. The van der Waals surface area contributed by atoms with Crippen LogP contribution in [0.25, 0.3) is 0 Å². The fourth-order valence-electron chi connectivity index (χ4n) is 3.46. The number of amides is 2. The molecule has 120 valence electrons. The molecule has 1 saturated carbocycles. The summed E-state index contributed by atoms with van der Waals surface area (Å²) in [6.45, 7) is 5.78. The van der Waals surface area contributed by atoms with Gasteiger partial charge in [0, 0.05) is 13.1 Å². The molecule has 2 N–H and O–H groups in total. The highest BCUT2D eigenvalue weighted by atomic mass is 16.5. The number of ether oxygens (including phenoxy) is 1. The van der Waals surface area contributed by atoms with Gasteiger partial charge >= 0.3 is 12.0 Å². The van der Waals surface area contributed by atoms with Crippen molar-refractivity contribution in [2.24, 2.45) is 17.8 Å². The summed E-state index contributed by atoms with van der Waals surface area (Å²) in [6.07, 6.45) is 3.56. The molecule has 1 aliphatic carbocycles. The van der Waals surface area contributed by atoms with Crippen LogP contribution >= 0.6 is 0 Å². The zero-order valence-electron chi connectivity index (χ0n) is 12.9. The minimum absolute atomic E-state index is 0.168. The van der Waals surface area contributed by atoms with Crippen molar-refractivity contribution >= 4 is 12.0 Å². The molecular formula is C15H26N2O4. The lowest BCUT2D eigenvalue weighted by atomic mass is 10.0. The summed E-state index contributed by atoms with van der Waals surface area (Å²) in [5, 5.41) is 12.2. The summed E-state index contributed by atoms with van der Waals surface area (Å²) in [7, 11) is 0. The molecule has 0 bridgehead atoms. The molecule has 21 heavy (non-hydrogen) atoms. The van der Waals surface area contributed by atoms with Gasteiger partial charge in [0.15, 0.2) is 0 Å². The quantitative estimate of drug-likeness (QED) is 0.807. The van der Waals surface area contributed by atoms with Gasteiger partial charge in [-0.15, -0.1) is 0 Å². The molecule has 6 heteroatoms. The van der Waals surface area contributed by atoms with Gasteiger partial charge in [-0.1, -0.05) is 13.3 Å². The third kappa shape index (κ3) is 3.87. The summed E-state index contributed by atoms with van der Waals surface area (Å²) in [6, 6.07) is -0.534. The number of rotatable bonds is 5. The second-order valence-corrected chi connectivity index (χ2v) is 6.31. The highest BCUT2D eigenvalue weighted by Crippen LogP contribution is 2.29. The largest absolute Gasteiger partial charge is 0.481 e. The Morgan fingerprint density at radius 3 is 2.67 bits per heavy atom. The average molecular weight is 298 g/mol. The third-order valence-corrected chi connectivity index (χ3v) is 4.71. The zero-order valence-corrected chi connectivity index (χ0v) is 12.9. The maximum atomic E-state index is 12.3. The van der Waals surface area contributed by atoms with E-state index in [1.165, 1.54) is 6.42 Å². The van der Waals surface area contributed by atoms with Crippen molar-refractivity contribution in [1.82, 2.24) is 10.2 Å². The van der Waals surface area contributed by atoms with Crippen LogP contribution in [0.5, 0.6) is 0 Å². The molecule has 1 saturated heterocycles. The van der Waals surface area contributed by atoms with Gasteiger partial charge in [0.1, 0.15) is 5.92 Å². The lowest BCUT2D eigenvalue weighted by molar-refractivity contribution is -0.142. The smallest absolute Gasteiger partial charge is 0.317 e. The highest BCUT2D eigenvalue weighted by Gasteiger charge is 2.39. The Hall–Kier alpha value is -1.30. The van der Waals surface area contributed by atoms with Crippen LogP contribution in [0.4, 0.5) is 4.79 Å². The summed E-state index contributed by atoms with van der Waals surface area (Å²) in [5.74, 6) is -0.220. The van der Waals surface area contributed by atoms with Crippen LogP contribution in [-0.4, -0.2) is 54.4 Å². The van der Waals surface area contributed by atoms with Crippen molar-refractivity contribution in [2.45, 2.75) is 39.2 Å². The number of urea groups is 1. The van der Waals surface area contributed by atoms with E-state index >= 15 is 0 Å². The second kappa shape index (κ2) is 7.11. The Morgan fingerprint density at radius 1 is 1.33 bits per heavy atom. The Balaban J connectivity index is 1.87. The zero-order chi connectivity index (χ0) is 15.4. The normalized spacial score (nSPS) is 32.1. The van der Waals surface area contributed by atoms with E-state index in [0.29, 0.717) is 25.6 Å². The lowest BCUT2D eigenvalue weighted by Gasteiger charge is -2.29. The van der Waals surface area contributed by atoms with E-state index in [-0.39, 0.29) is 18.7 Å². The Labute approximate surface area is 125 Å². The number of likely N-dealkylation sites (N-methyl/N-ethyl adjacent to an activating group) is 1. The van der Waals surface area contributed by atoms with Crippen LogP contribution in [0.2, 0.25) is 0 Å². The summed E-state index contributed by atoms with van der Waals surface area (Å²) < 4.78 is 5.25. The molecule has 4 unspecified atom stereocenters. The van der Waals surface area contributed by atoms with Gasteiger partial charge in [-0.05, 0) is 31.6 Å². The van der Waals surface area contributed by atoms with E-state index < -0.39 is 11.9 Å². The van der Waals surface area contributed by atoms with Crippen molar-refractivity contribution in [2.75, 3.05) is 26.3 Å². The van der Waals surface area contributed by atoms with E-state index in [4.69, 9.17) is 4.74 Å². The molecule has 2 fully saturated rings. The van der Waals surface area contributed by atoms with Gasteiger partial charge in [-0.25, -0.2) is 4.79 Å². The van der Waals surface area contributed by atoms with E-state index in [2.05, 4.69) is 12.2 Å². The number of nitrogens with zero attached hydrogens (tertiary/aromatic N) is 1. The number of hydrogen-bond acceptors (Lipinski definition) is 3. The second-order valence-electron chi connectivity index (χ2n) is 6.31. The standard InChI is InChI=1S/C15H26N2O4/c1-3-17(13-9-21-8-12(13)14(18)19)15(20)16-7-11-5-4-10(2)6-11/h10-13H,3-9H2,1-2H3,(H,16,20)(H,18,19). The van der Waals surface area contributed by atoms with Crippen molar-refractivity contribution in [1.29, 1.82) is 0 Å². The average Bonchev–Trinajstić information content (AvgIpc) is 3.06. The van der Waals surface area contributed by atoms with E-state index in [9.17, 15) is 14.7 Å². The minimum Gasteiger partial charge on any atom is -0.481 e. The van der Waals surface area contributed by atoms with Gasteiger partial charge in [-0.3, -0.25) is 4.79 Å². The maximum absolute atomic E-state index is 12.3. The highest BCUT2D eigenvalue weighted by molar-refractivity contribution is 5.77. The molecule has 0 aromatic heterocycles. The molecule has 0 spiro atoms. The van der Waals surface area contributed by atoms with Gasteiger partial charge in [-0.2, -0.15) is 0 Å². The van der Waals surface area contributed by atoms with Crippen LogP contribution in [0.3, 0.4) is 0 Å². The Morgan fingerprint density at radius 2 is 2.10 bits per heavy atom. The number of carboxylic acids is 1. The minimum atomic E-state index is -0.895. The third-order valence-electron chi connectivity index (χ3n) is 4.71. The molecule has 4 atom stereocenters. The summed E-state index contributed by atoms with van der Waals surface area (Å²) >= 11 is 0. The number of carbonyl (C=O) groups is 2. The van der Waals surface area contributed by atoms with Crippen LogP contribution < -0.4 is 5.32 Å². The molecule has 1 aliphatic heterocycles. The maximum Gasteiger partial charge on any atom is 0.317 e. The Kier molecular flexibility index (Phi) is 5.45. The predicted octanol–water partition coefficient (Wildman–Crippen LogP) is 1.55. The SMILES string of the molecule is CCN(C(=O)NCC1CCC(C)C1)C1COCC1C(=O)O. The Bertz CT molecular complexity index is 388. The summed E-state index contributed by atoms with van der Waals surface area (Å²) in [4.78, 5) is 25.2. The number of carboxylic acid groups (broad SMARTS) is 1. The molecule has 0 aromatic rings. The van der Waals surface area contributed by atoms with Crippen LogP contribution in [-0.2, 0) is 9.53 Å². The number of carbonyl (C=O) groups excluding carboxylic acids is 1. The van der Waals surface area contributed by atoms with Crippen molar-refractivity contribution < 1.29 is 19.4 Å². The first-order chi connectivity index (χ1) is 10.0. The molecule has 2 amide bonds. The van der Waals surface area contributed by atoms with E-state index in [0.717, 1.165) is 18.8 Å².